The van der Waals surface area contributed by atoms with Crippen LogP contribution in [0, 0.1) is 27.7 Å². The van der Waals surface area contributed by atoms with Gasteiger partial charge in [0.1, 0.15) is 13.1 Å². The van der Waals surface area contributed by atoms with Crippen molar-refractivity contribution in [1.29, 1.82) is 0 Å². The summed E-state index contributed by atoms with van der Waals surface area (Å²) in [6, 6.07) is 13.6. The van der Waals surface area contributed by atoms with Gasteiger partial charge in [-0.15, -0.1) is 0 Å². The lowest BCUT2D eigenvalue weighted by molar-refractivity contribution is -0.698. The highest BCUT2D eigenvalue weighted by Gasteiger charge is 2.06. The topological polar surface area (TPSA) is 7.76 Å². The fourth-order valence-corrected chi connectivity index (χ4v) is 4.86. The third-order valence-corrected chi connectivity index (χ3v) is 6.23. The van der Waals surface area contributed by atoms with Gasteiger partial charge in [-0.25, -0.2) is 9.13 Å². The van der Waals surface area contributed by atoms with Gasteiger partial charge in [0.2, 0.25) is 0 Å². The van der Waals surface area contributed by atoms with Crippen molar-refractivity contribution in [3.63, 3.8) is 0 Å². The zero-order chi connectivity index (χ0) is 22.8. The molecule has 3 aromatic rings. The molecule has 0 N–H and O–H groups in total. The molecular weight excluding hydrogens is 548 g/mol. The minimum atomic E-state index is 0. The molecule has 4 heteroatoms. The van der Waals surface area contributed by atoms with Crippen LogP contribution in [0.15, 0.2) is 61.2 Å². The molecule has 0 aliphatic carbocycles. The van der Waals surface area contributed by atoms with E-state index in [4.69, 9.17) is 0 Å². The summed E-state index contributed by atoms with van der Waals surface area (Å²) in [7, 11) is 0. The van der Waals surface area contributed by atoms with Crippen LogP contribution in [0.3, 0.4) is 0 Å². The average molecular weight is 590 g/mol. The van der Waals surface area contributed by atoms with Crippen molar-refractivity contribution in [3.8, 4) is 0 Å². The lowest BCUT2D eigenvalue weighted by Crippen LogP contribution is -3.00. The SMILES string of the molecule is Cc1cc(C)c[n+](CCCCCc2ccccc2CCCCC[n+]2cc(C)cc(C)c2)c1.[Br-].[Br-]. The van der Waals surface area contributed by atoms with Crippen LogP contribution in [-0.2, 0) is 25.9 Å². The second kappa shape index (κ2) is 16.2. The second-order valence-electron chi connectivity index (χ2n) is 9.65. The van der Waals surface area contributed by atoms with E-state index in [9.17, 15) is 0 Å². The van der Waals surface area contributed by atoms with E-state index < -0.39 is 0 Å². The van der Waals surface area contributed by atoms with Crippen LogP contribution in [-0.4, -0.2) is 0 Å². The van der Waals surface area contributed by atoms with E-state index >= 15 is 0 Å². The molecule has 0 aliphatic rings. The van der Waals surface area contributed by atoms with Crippen LogP contribution in [0.2, 0.25) is 0 Å². The van der Waals surface area contributed by atoms with Crippen molar-refractivity contribution in [2.24, 2.45) is 0 Å². The molecule has 0 bridgehead atoms. The maximum absolute atomic E-state index is 2.36. The Kier molecular flexibility index (Phi) is 14.5. The molecule has 0 aliphatic heterocycles. The summed E-state index contributed by atoms with van der Waals surface area (Å²) in [5, 5.41) is 0. The first-order valence-corrected chi connectivity index (χ1v) is 12.5. The number of aryl methyl sites for hydroxylation is 8. The van der Waals surface area contributed by atoms with Crippen molar-refractivity contribution in [2.45, 2.75) is 92.2 Å². The van der Waals surface area contributed by atoms with Gasteiger partial charge in [0.05, 0.1) is 0 Å². The Bertz CT molecular complexity index is 880. The van der Waals surface area contributed by atoms with Crippen LogP contribution in [0.1, 0.15) is 71.9 Å². The molecule has 34 heavy (non-hydrogen) atoms. The molecule has 2 aromatic heterocycles. The smallest absolute Gasteiger partial charge is 0.171 e. The van der Waals surface area contributed by atoms with Crippen molar-refractivity contribution in [1.82, 2.24) is 0 Å². The third kappa shape index (κ3) is 10.8. The standard InChI is InChI=1S/C30H42N2.2BrH/c1-25-19-26(2)22-31(21-25)17-11-5-7-13-29-15-9-10-16-30(29)14-8-6-12-18-32-23-27(3)20-28(4)24-32;;/h9-10,15-16,19-24H,5-8,11-14,17-18H2,1-4H3;2*1H/q+2;;/p-2. The molecule has 1 aromatic carbocycles. The monoisotopic (exact) mass is 588 g/mol. The first-order chi connectivity index (χ1) is 15.5. The maximum atomic E-state index is 2.36. The number of nitrogens with zero attached hydrogens (tertiary/aromatic N) is 2. The average Bonchev–Trinajstić information content (AvgIpc) is 2.73. The van der Waals surface area contributed by atoms with Crippen molar-refractivity contribution >= 4 is 0 Å². The molecule has 0 radical (unpaired) electrons. The normalized spacial score (nSPS) is 10.5. The lowest BCUT2D eigenvalue weighted by Gasteiger charge is -2.09. The van der Waals surface area contributed by atoms with E-state index in [1.54, 1.807) is 11.1 Å². The van der Waals surface area contributed by atoms with Crippen LogP contribution >= 0.6 is 0 Å². The van der Waals surface area contributed by atoms with Crippen molar-refractivity contribution < 1.29 is 43.1 Å². The minimum absolute atomic E-state index is 0. The fourth-order valence-electron chi connectivity index (χ4n) is 4.86. The molecule has 186 valence electrons. The van der Waals surface area contributed by atoms with Gasteiger partial charge in [0.15, 0.2) is 24.8 Å². The predicted octanol–water partition coefficient (Wildman–Crippen LogP) is 0.329. The number of pyridine rings is 2. The first-order valence-electron chi connectivity index (χ1n) is 12.5. The summed E-state index contributed by atoms with van der Waals surface area (Å²) < 4.78 is 4.71. The zero-order valence-electron chi connectivity index (χ0n) is 21.5. The molecule has 0 spiro atoms. The van der Waals surface area contributed by atoms with Gasteiger partial charge in [0.25, 0.3) is 0 Å². The van der Waals surface area contributed by atoms with E-state index in [0.29, 0.717) is 0 Å². The molecule has 0 saturated heterocycles. The minimum Gasteiger partial charge on any atom is -1.00 e. The summed E-state index contributed by atoms with van der Waals surface area (Å²) in [6.45, 7) is 11.0. The summed E-state index contributed by atoms with van der Waals surface area (Å²) in [5.41, 5.74) is 8.54. The molecule has 0 atom stereocenters. The van der Waals surface area contributed by atoms with Gasteiger partial charge in [-0.3, -0.25) is 0 Å². The van der Waals surface area contributed by atoms with Gasteiger partial charge in [-0.2, -0.15) is 0 Å². The Morgan fingerprint density at radius 2 is 0.853 bits per heavy atom. The quantitative estimate of drug-likeness (QED) is 0.212. The molecule has 0 fully saturated rings. The number of halogens is 2. The summed E-state index contributed by atoms with van der Waals surface area (Å²) >= 11 is 0. The van der Waals surface area contributed by atoms with Gasteiger partial charge in [0, 0.05) is 35.1 Å². The van der Waals surface area contributed by atoms with Crippen LogP contribution in [0.5, 0.6) is 0 Å². The van der Waals surface area contributed by atoms with Crippen LogP contribution in [0.4, 0.5) is 0 Å². The third-order valence-electron chi connectivity index (χ3n) is 6.23. The fraction of sp³-hybridized carbons (Fsp3) is 0.467. The second-order valence-corrected chi connectivity index (χ2v) is 9.65. The highest BCUT2D eigenvalue weighted by Crippen LogP contribution is 2.16. The largest absolute Gasteiger partial charge is 1.00 e. The Morgan fingerprint density at radius 1 is 0.500 bits per heavy atom. The number of hydrogen-bond donors (Lipinski definition) is 0. The van der Waals surface area contributed by atoms with Gasteiger partial charge >= 0.3 is 0 Å². The van der Waals surface area contributed by atoms with E-state index in [2.05, 4.69) is 98.0 Å². The highest BCUT2D eigenvalue weighted by molar-refractivity contribution is 5.27. The van der Waals surface area contributed by atoms with E-state index in [1.165, 1.54) is 73.6 Å². The predicted molar refractivity (Wildman–Crippen MR) is 134 cm³/mol. The van der Waals surface area contributed by atoms with E-state index in [0.717, 1.165) is 13.1 Å². The summed E-state index contributed by atoms with van der Waals surface area (Å²) in [4.78, 5) is 0. The molecule has 0 amide bonds. The van der Waals surface area contributed by atoms with Gasteiger partial charge in [-0.05, 0) is 89.5 Å². The van der Waals surface area contributed by atoms with E-state index in [-0.39, 0.29) is 34.0 Å². The van der Waals surface area contributed by atoms with Gasteiger partial charge < -0.3 is 34.0 Å². The molecule has 2 nitrogen and oxygen atoms in total. The molecule has 3 rings (SSSR count). The van der Waals surface area contributed by atoms with Crippen molar-refractivity contribution in [3.05, 3.63) is 94.6 Å². The Balaban J connectivity index is 0.00000289. The zero-order valence-corrected chi connectivity index (χ0v) is 24.7. The molecule has 0 saturated carbocycles. The molecule has 0 unspecified atom stereocenters. The van der Waals surface area contributed by atoms with Crippen LogP contribution in [0.25, 0.3) is 0 Å². The Labute approximate surface area is 229 Å². The van der Waals surface area contributed by atoms with Crippen molar-refractivity contribution in [2.75, 3.05) is 0 Å². The number of aromatic nitrogens is 2. The number of benzene rings is 1. The number of hydrogen-bond acceptors (Lipinski definition) is 0. The lowest BCUT2D eigenvalue weighted by atomic mass is 9.97. The van der Waals surface area contributed by atoms with E-state index in [1.807, 2.05) is 0 Å². The Hall–Kier alpha value is -1.52. The molecule has 2 heterocycles. The number of rotatable bonds is 12. The maximum Gasteiger partial charge on any atom is 0.171 e. The molecular formula is C30H42Br2N2. The summed E-state index contributed by atoms with van der Waals surface area (Å²) in [6.07, 6.45) is 19.2. The van der Waals surface area contributed by atoms with Gasteiger partial charge in [-0.1, -0.05) is 24.3 Å². The highest BCUT2D eigenvalue weighted by atomic mass is 79.9. The first kappa shape index (κ1) is 30.5. The Morgan fingerprint density at radius 3 is 1.21 bits per heavy atom. The summed E-state index contributed by atoms with van der Waals surface area (Å²) in [5.74, 6) is 0. The van der Waals surface area contributed by atoms with Crippen LogP contribution < -0.4 is 43.1 Å². The number of unbranched alkanes of at least 4 members (excludes halogenated alkanes) is 4.